The van der Waals surface area contributed by atoms with Gasteiger partial charge in [-0.2, -0.15) is 0 Å². The largest absolute Gasteiger partial charge is 0.450 e. The van der Waals surface area contributed by atoms with Crippen LogP contribution in [0.25, 0.3) is 11.0 Å². The molecule has 2 aromatic heterocycles. The van der Waals surface area contributed by atoms with E-state index in [1.807, 2.05) is 57.2 Å². The summed E-state index contributed by atoms with van der Waals surface area (Å²) < 4.78 is 6.82. The van der Waals surface area contributed by atoms with Crippen LogP contribution in [0.2, 0.25) is 5.02 Å². The highest BCUT2D eigenvalue weighted by molar-refractivity contribution is 8.00. The maximum Gasteiger partial charge on any atom is 0.297 e. The number of nitrogens with zero attached hydrogens (tertiary/aromatic N) is 4. The van der Waals surface area contributed by atoms with Gasteiger partial charge in [0.1, 0.15) is 5.58 Å². The summed E-state index contributed by atoms with van der Waals surface area (Å²) in [6.07, 6.45) is 0. The minimum atomic E-state index is -1.77. The van der Waals surface area contributed by atoms with Gasteiger partial charge in [0.05, 0.1) is 16.6 Å². The van der Waals surface area contributed by atoms with Crippen LogP contribution >= 0.6 is 34.7 Å². The zero-order valence-corrected chi connectivity index (χ0v) is 25.2. The maximum atomic E-state index is 14.6. The van der Waals surface area contributed by atoms with E-state index in [9.17, 15) is 14.4 Å². The molecule has 0 saturated heterocycles. The lowest BCUT2D eigenvalue weighted by atomic mass is 9.84. The van der Waals surface area contributed by atoms with E-state index in [-0.39, 0.29) is 16.5 Å². The zero-order chi connectivity index (χ0) is 29.3. The maximum absolute atomic E-state index is 14.6. The third kappa shape index (κ3) is 3.71. The molecule has 5 aromatic rings. The third-order valence-electron chi connectivity index (χ3n) is 7.92. The van der Waals surface area contributed by atoms with Crippen LogP contribution in [0.5, 0.6) is 0 Å². The second-order valence-corrected chi connectivity index (χ2v) is 12.9. The number of likely N-dealkylation sites (N-methyl/N-ethyl adjacent to an activating group) is 1. The van der Waals surface area contributed by atoms with Gasteiger partial charge in [0.25, 0.3) is 11.8 Å². The molecule has 3 aromatic carbocycles. The molecule has 1 unspecified atom stereocenters. The fraction of sp³-hybridized carbons (Fsp3) is 0.194. The number of amides is 2. The van der Waals surface area contributed by atoms with Crippen LogP contribution in [0.1, 0.15) is 45.3 Å². The monoisotopic (exact) mass is 614 g/mol. The van der Waals surface area contributed by atoms with Crippen LogP contribution in [-0.2, 0) is 16.1 Å². The molecule has 0 saturated carbocycles. The van der Waals surface area contributed by atoms with Crippen molar-refractivity contribution in [2.75, 3.05) is 16.3 Å². The Hall–Kier alpha value is -3.99. The van der Waals surface area contributed by atoms with Crippen molar-refractivity contribution >= 4 is 68.3 Å². The predicted octanol–water partition coefficient (Wildman–Crippen LogP) is 6.48. The molecule has 8 nitrogen and oxygen atoms in total. The first-order valence-corrected chi connectivity index (χ1v) is 15.5. The van der Waals surface area contributed by atoms with Gasteiger partial charge in [-0.05, 0) is 67.8 Å². The number of fused-ring (bicyclic) bond motifs is 5. The molecular formula is C31H23ClN4O4S2. The summed E-state index contributed by atoms with van der Waals surface area (Å²) in [5.41, 5.74) is 2.18. The Morgan fingerprint density at radius 3 is 2.50 bits per heavy atom. The quantitative estimate of drug-likeness (QED) is 0.165. The molecule has 7 rings (SSSR count). The lowest BCUT2D eigenvalue weighted by Gasteiger charge is -2.31. The highest BCUT2D eigenvalue weighted by Crippen LogP contribution is 2.54. The molecule has 210 valence electrons. The molecule has 42 heavy (non-hydrogen) atoms. The number of hydrogen-bond donors (Lipinski definition) is 0. The minimum Gasteiger partial charge on any atom is -0.450 e. The van der Waals surface area contributed by atoms with Crippen molar-refractivity contribution in [2.45, 2.75) is 36.4 Å². The summed E-state index contributed by atoms with van der Waals surface area (Å²) in [5.74, 6) is -0.545. The Bertz CT molecular complexity index is 2010. The Labute approximate surface area is 253 Å². The number of anilines is 2. The Morgan fingerprint density at radius 2 is 1.74 bits per heavy atom. The van der Waals surface area contributed by atoms with Crippen LogP contribution in [0.15, 0.2) is 74.2 Å². The zero-order valence-electron chi connectivity index (χ0n) is 22.8. The smallest absolute Gasteiger partial charge is 0.297 e. The molecular weight excluding hydrogens is 592 g/mol. The molecule has 2 aliphatic heterocycles. The van der Waals surface area contributed by atoms with Crippen LogP contribution in [0.4, 0.5) is 10.8 Å². The number of carbonyl (C=O) groups excluding carboxylic acids is 2. The van der Waals surface area contributed by atoms with Crippen molar-refractivity contribution in [2.24, 2.45) is 0 Å². The molecule has 0 radical (unpaired) electrons. The van der Waals surface area contributed by atoms with E-state index in [1.54, 1.807) is 29.2 Å². The molecule has 0 fully saturated rings. The number of halogens is 1. The Morgan fingerprint density at radius 1 is 1.00 bits per heavy atom. The molecule has 1 atom stereocenters. The summed E-state index contributed by atoms with van der Waals surface area (Å²) >= 11 is 8.67. The number of para-hydroxylation sites is 1. The first-order chi connectivity index (χ1) is 20.2. The van der Waals surface area contributed by atoms with Gasteiger partial charge >= 0.3 is 0 Å². The van der Waals surface area contributed by atoms with Gasteiger partial charge in [-0.25, -0.2) is 0 Å². The fourth-order valence-corrected chi connectivity index (χ4v) is 7.78. The van der Waals surface area contributed by atoms with Gasteiger partial charge < -0.3 is 9.32 Å². The topological polar surface area (TPSA) is 96.6 Å². The van der Waals surface area contributed by atoms with Gasteiger partial charge in [0.15, 0.2) is 15.3 Å². The number of rotatable bonds is 5. The van der Waals surface area contributed by atoms with Crippen molar-refractivity contribution in [3.63, 3.8) is 0 Å². The van der Waals surface area contributed by atoms with E-state index < -0.39 is 22.8 Å². The van der Waals surface area contributed by atoms with E-state index >= 15 is 0 Å². The molecule has 2 amide bonds. The minimum absolute atomic E-state index is 0.0159. The van der Waals surface area contributed by atoms with Gasteiger partial charge in [0.2, 0.25) is 10.9 Å². The number of benzene rings is 3. The number of aromatic nitrogens is 2. The number of thioether (sulfide) groups is 1. The molecule has 4 heterocycles. The fourth-order valence-electron chi connectivity index (χ4n) is 5.81. The lowest BCUT2D eigenvalue weighted by molar-refractivity contribution is -0.121. The standard InChI is InChI=1S/C31H23ClN4O4S2/c1-4-35-22-8-6-5-7-21(22)31(28(35)39)24-25(37)20-13-16(2)17(3)14-23(20)40-26(24)27(38)36(31)29-33-34-30(42-29)41-15-18-9-11-19(32)12-10-18/h5-14H,4,15H2,1-3H3. The first kappa shape index (κ1) is 26.9. The van der Waals surface area contributed by atoms with Gasteiger partial charge in [-0.1, -0.05) is 65.0 Å². The molecule has 11 heteroatoms. The van der Waals surface area contributed by atoms with Crippen molar-refractivity contribution in [1.29, 1.82) is 0 Å². The lowest BCUT2D eigenvalue weighted by Crippen LogP contribution is -2.53. The van der Waals surface area contributed by atoms with E-state index in [0.29, 0.717) is 43.9 Å². The predicted molar refractivity (Wildman–Crippen MR) is 165 cm³/mol. The second kappa shape index (κ2) is 9.79. The van der Waals surface area contributed by atoms with E-state index in [4.69, 9.17) is 16.0 Å². The highest BCUT2D eigenvalue weighted by Gasteiger charge is 2.66. The Balaban J connectivity index is 1.43. The van der Waals surface area contributed by atoms with Crippen LogP contribution in [-0.4, -0.2) is 28.6 Å². The van der Waals surface area contributed by atoms with Crippen LogP contribution < -0.4 is 15.2 Å². The SMILES string of the molecule is CCN1C(=O)C2(c3ccccc31)c1c(oc3cc(C)c(C)cc3c1=O)C(=O)N2c1nnc(SCc2ccc(Cl)cc2)s1. The van der Waals surface area contributed by atoms with Crippen molar-refractivity contribution < 1.29 is 14.0 Å². The van der Waals surface area contributed by atoms with Crippen molar-refractivity contribution in [3.8, 4) is 0 Å². The summed E-state index contributed by atoms with van der Waals surface area (Å²) in [6, 6.07) is 18.3. The van der Waals surface area contributed by atoms with Gasteiger partial charge in [0, 0.05) is 22.9 Å². The van der Waals surface area contributed by atoms with E-state index in [1.165, 1.54) is 28.0 Å². The van der Waals surface area contributed by atoms with E-state index in [0.717, 1.165) is 16.7 Å². The normalized spacial score (nSPS) is 17.5. The number of carbonyl (C=O) groups is 2. The summed E-state index contributed by atoms with van der Waals surface area (Å²) in [6.45, 7) is 6.04. The van der Waals surface area contributed by atoms with Crippen LogP contribution in [0, 0.1) is 13.8 Å². The molecule has 0 N–H and O–H groups in total. The molecule has 2 aliphatic rings. The van der Waals surface area contributed by atoms with Crippen molar-refractivity contribution in [3.05, 3.63) is 109 Å². The molecule has 0 aliphatic carbocycles. The van der Waals surface area contributed by atoms with Gasteiger partial charge in [-0.3, -0.25) is 19.3 Å². The van der Waals surface area contributed by atoms with E-state index in [2.05, 4.69) is 10.2 Å². The van der Waals surface area contributed by atoms with Crippen LogP contribution in [0.3, 0.4) is 0 Å². The summed E-state index contributed by atoms with van der Waals surface area (Å²) in [4.78, 5) is 46.2. The second-order valence-electron chi connectivity index (χ2n) is 10.3. The van der Waals surface area contributed by atoms with Crippen molar-refractivity contribution in [1.82, 2.24) is 10.2 Å². The average molecular weight is 615 g/mol. The Kier molecular flexibility index (Phi) is 6.27. The van der Waals surface area contributed by atoms with Gasteiger partial charge in [-0.15, -0.1) is 10.2 Å². The third-order valence-corrected chi connectivity index (χ3v) is 10.3. The summed E-state index contributed by atoms with van der Waals surface area (Å²) in [7, 11) is 0. The highest BCUT2D eigenvalue weighted by atomic mass is 35.5. The molecule has 0 bridgehead atoms. The first-order valence-electron chi connectivity index (χ1n) is 13.3. The average Bonchev–Trinajstić information content (AvgIpc) is 3.62. The molecule has 1 spiro atoms. The number of hydrogen-bond acceptors (Lipinski definition) is 8. The number of aryl methyl sites for hydroxylation is 2. The summed E-state index contributed by atoms with van der Waals surface area (Å²) in [5, 5.41) is 9.91.